The van der Waals surface area contributed by atoms with Crippen LogP contribution in [-0.4, -0.2) is 15.5 Å². The maximum absolute atomic E-state index is 11.0. The summed E-state index contributed by atoms with van der Waals surface area (Å²) < 4.78 is 2.06. The highest BCUT2D eigenvalue weighted by Gasteiger charge is 2.08. The van der Waals surface area contributed by atoms with Crippen molar-refractivity contribution in [1.29, 1.82) is 0 Å². The van der Waals surface area contributed by atoms with E-state index >= 15 is 0 Å². The predicted molar refractivity (Wildman–Crippen MR) is 108 cm³/mol. The highest BCUT2D eigenvalue weighted by atomic mass is 16.4. The molecule has 28 heavy (non-hydrogen) atoms. The van der Waals surface area contributed by atoms with Gasteiger partial charge in [-0.3, -0.25) is 0 Å². The summed E-state index contributed by atoms with van der Waals surface area (Å²) in [6, 6.07) is 13.6. The molecule has 4 heteroatoms. The predicted octanol–water partition coefficient (Wildman–Crippen LogP) is 3.31. The van der Waals surface area contributed by atoms with Crippen LogP contribution in [0.1, 0.15) is 60.4 Å². The third-order valence-electron chi connectivity index (χ3n) is 4.80. The van der Waals surface area contributed by atoms with Crippen LogP contribution in [0.5, 0.6) is 0 Å². The molecule has 1 unspecified atom stereocenters. The number of nitrogens with zero attached hydrogens (tertiary/aromatic N) is 2. The number of hydrogen-bond donors (Lipinski definition) is 0. The van der Waals surface area contributed by atoms with Gasteiger partial charge in [0.25, 0.3) is 0 Å². The molecule has 3 aromatic rings. The summed E-state index contributed by atoms with van der Waals surface area (Å²) in [4.78, 5) is 15.1. The Kier molecular flexibility index (Phi) is 5.96. The summed E-state index contributed by atoms with van der Waals surface area (Å²) in [5, 5.41) is 11.0. The van der Waals surface area contributed by atoms with Crippen molar-refractivity contribution in [3.8, 4) is 11.8 Å². The summed E-state index contributed by atoms with van der Waals surface area (Å²) >= 11 is 0. The molecule has 1 aromatic heterocycles. The molecule has 1 heterocycles. The lowest BCUT2D eigenvalue weighted by Gasteiger charge is -2.14. The number of benzene rings is 2. The molecule has 0 aliphatic carbocycles. The molecule has 0 aliphatic rings. The van der Waals surface area contributed by atoms with Gasteiger partial charge >= 0.3 is 0 Å². The molecule has 1 atom stereocenters. The SMILES string of the molecule is CC(C)c1cc(C#Cc2ccc(C(C)C(=O)[O-])cc2)ccc1Cn1ccnc1. The van der Waals surface area contributed by atoms with E-state index in [9.17, 15) is 9.90 Å². The highest BCUT2D eigenvalue weighted by molar-refractivity contribution is 5.73. The monoisotopic (exact) mass is 371 g/mol. The second kappa shape index (κ2) is 8.58. The maximum Gasteiger partial charge on any atom is 0.0949 e. The van der Waals surface area contributed by atoms with Gasteiger partial charge in [-0.25, -0.2) is 4.98 Å². The fraction of sp³-hybridized carbons (Fsp3) is 0.250. The lowest BCUT2D eigenvalue weighted by molar-refractivity contribution is -0.307. The summed E-state index contributed by atoms with van der Waals surface area (Å²) in [6.45, 7) is 6.77. The molecule has 0 spiro atoms. The van der Waals surface area contributed by atoms with Gasteiger partial charge in [-0.15, -0.1) is 0 Å². The highest BCUT2D eigenvalue weighted by Crippen LogP contribution is 2.22. The molecule has 0 saturated carbocycles. The Labute approximate surface area is 165 Å². The molecule has 2 aromatic carbocycles. The van der Waals surface area contributed by atoms with Crippen LogP contribution in [-0.2, 0) is 11.3 Å². The first-order valence-electron chi connectivity index (χ1n) is 9.35. The normalized spacial score (nSPS) is 11.7. The van der Waals surface area contributed by atoms with E-state index in [-0.39, 0.29) is 0 Å². The van der Waals surface area contributed by atoms with Crippen molar-refractivity contribution >= 4 is 5.97 Å². The van der Waals surface area contributed by atoms with E-state index in [4.69, 9.17) is 0 Å². The zero-order valence-corrected chi connectivity index (χ0v) is 16.3. The quantitative estimate of drug-likeness (QED) is 0.647. The molecule has 0 radical (unpaired) electrons. The fourth-order valence-electron chi connectivity index (χ4n) is 3.07. The second-order valence-corrected chi connectivity index (χ2v) is 7.22. The van der Waals surface area contributed by atoms with E-state index in [1.54, 1.807) is 25.3 Å². The van der Waals surface area contributed by atoms with Gasteiger partial charge in [0, 0.05) is 42.0 Å². The number of carbonyl (C=O) groups is 1. The number of hydrogen-bond acceptors (Lipinski definition) is 3. The Morgan fingerprint density at radius 2 is 1.75 bits per heavy atom. The Bertz CT molecular complexity index is 1010. The van der Waals surface area contributed by atoms with Gasteiger partial charge in [-0.1, -0.05) is 50.8 Å². The Morgan fingerprint density at radius 3 is 2.36 bits per heavy atom. The number of aromatic nitrogens is 2. The lowest BCUT2D eigenvalue weighted by atomic mass is 9.94. The van der Waals surface area contributed by atoms with Gasteiger partial charge in [0.1, 0.15) is 0 Å². The van der Waals surface area contributed by atoms with E-state index in [2.05, 4.69) is 47.4 Å². The first-order chi connectivity index (χ1) is 13.4. The number of aliphatic carboxylic acids is 1. The van der Waals surface area contributed by atoms with Gasteiger partial charge in [-0.05, 0) is 46.9 Å². The van der Waals surface area contributed by atoms with Crippen LogP contribution in [0.2, 0.25) is 0 Å². The zero-order chi connectivity index (χ0) is 20.1. The van der Waals surface area contributed by atoms with Crippen molar-refractivity contribution in [1.82, 2.24) is 9.55 Å². The van der Waals surface area contributed by atoms with Gasteiger partial charge in [0.2, 0.25) is 0 Å². The number of carbonyl (C=O) groups excluding carboxylic acids is 1. The zero-order valence-electron chi connectivity index (χ0n) is 16.3. The first kappa shape index (κ1) is 19.4. The lowest BCUT2D eigenvalue weighted by Crippen LogP contribution is -2.27. The third kappa shape index (κ3) is 4.69. The summed E-state index contributed by atoms with van der Waals surface area (Å²) in [5.74, 6) is 5.07. The van der Waals surface area contributed by atoms with Gasteiger partial charge < -0.3 is 14.5 Å². The van der Waals surface area contributed by atoms with Crippen molar-refractivity contribution in [3.05, 3.63) is 89.0 Å². The van der Waals surface area contributed by atoms with Crippen molar-refractivity contribution in [2.75, 3.05) is 0 Å². The number of carboxylic acid groups (broad SMARTS) is 1. The van der Waals surface area contributed by atoms with Crippen LogP contribution in [0.25, 0.3) is 0 Å². The molecular formula is C24H23N2O2-. The standard InChI is InChI=1S/C24H24N2O2/c1-17(2)23-14-20(8-11-22(23)15-26-13-12-25-16-26)5-4-19-6-9-21(10-7-19)18(3)24(27)28/h6-14,16-18H,15H2,1-3H3,(H,27,28)/p-1. The summed E-state index contributed by atoms with van der Waals surface area (Å²) in [7, 11) is 0. The molecule has 142 valence electrons. The molecule has 3 rings (SSSR count). The largest absolute Gasteiger partial charge is 0.550 e. The summed E-state index contributed by atoms with van der Waals surface area (Å²) in [5.41, 5.74) is 5.07. The van der Waals surface area contributed by atoms with Crippen molar-refractivity contribution in [2.45, 2.75) is 39.2 Å². The van der Waals surface area contributed by atoms with Crippen LogP contribution in [0.15, 0.2) is 61.2 Å². The van der Waals surface area contributed by atoms with Gasteiger partial charge in [0.15, 0.2) is 0 Å². The average molecular weight is 371 g/mol. The van der Waals surface area contributed by atoms with Crippen LogP contribution in [0.3, 0.4) is 0 Å². The molecule has 0 bridgehead atoms. The number of rotatable bonds is 5. The fourth-order valence-corrected chi connectivity index (χ4v) is 3.07. The van der Waals surface area contributed by atoms with Crippen molar-refractivity contribution in [2.24, 2.45) is 0 Å². The van der Waals surface area contributed by atoms with Gasteiger partial charge in [-0.2, -0.15) is 0 Å². The van der Waals surface area contributed by atoms with Crippen LogP contribution in [0.4, 0.5) is 0 Å². The number of imidazole rings is 1. The Morgan fingerprint density at radius 1 is 1.07 bits per heavy atom. The minimum Gasteiger partial charge on any atom is -0.550 e. The van der Waals surface area contributed by atoms with Crippen LogP contribution < -0.4 is 5.11 Å². The average Bonchev–Trinajstić information content (AvgIpc) is 3.20. The molecule has 0 saturated heterocycles. The maximum atomic E-state index is 11.0. The number of carboxylic acids is 1. The Hall–Kier alpha value is -3.32. The molecule has 0 N–H and O–H groups in total. The third-order valence-corrected chi connectivity index (χ3v) is 4.80. The van der Waals surface area contributed by atoms with Crippen molar-refractivity contribution < 1.29 is 9.90 Å². The Balaban J connectivity index is 1.81. The van der Waals surface area contributed by atoms with E-state index in [0.717, 1.165) is 23.2 Å². The van der Waals surface area contributed by atoms with E-state index in [1.807, 2.05) is 30.7 Å². The second-order valence-electron chi connectivity index (χ2n) is 7.22. The smallest absolute Gasteiger partial charge is 0.0949 e. The van der Waals surface area contributed by atoms with Crippen LogP contribution >= 0.6 is 0 Å². The minimum absolute atomic E-state index is 0.394. The molecule has 0 fully saturated rings. The van der Waals surface area contributed by atoms with Gasteiger partial charge in [0.05, 0.1) is 6.33 Å². The molecule has 0 amide bonds. The molecule has 4 nitrogen and oxygen atoms in total. The molecule has 0 aliphatic heterocycles. The van der Waals surface area contributed by atoms with E-state index < -0.39 is 11.9 Å². The minimum atomic E-state index is -1.07. The summed E-state index contributed by atoms with van der Waals surface area (Å²) in [6.07, 6.45) is 5.57. The topological polar surface area (TPSA) is 57.9 Å². The van der Waals surface area contributed by atoms with Crippen molar-refractivity contribution in [3.63, 3.8) is 0 Å². The van der Waals surface area contributed by atoms with E-state index in [0.29, 0.717) is 5.92 Å². The van der Waals surface area contributed by atoms with Crippen LogP contribution in [0, 0.1) is 11.8 Å². The first-order valence-corrected chi connectivity index (χ1v) is 9.35. The van der Waals surface area contributed by atoms with E-state index in [1.165, 1.54) is 11.1 Å². The molecular weight excluding hydrogens is 348 g/mol.